The van der Waals surface area contributed by atoms with Crippen molar-refractivity contribution in [1.82, 2.24) is 0 Å². The molecular formula is C25H32O7. The van der Waals surface area contributed by atoms with E-state index in [1.165, 1.54) is 38.5 Å². The van der Waals surface area contributed by atoms with Gasteiger partial charge in [-0.1, -0.05) is 45.4 Å². The Morgan fingerprint density at radius 2 is 1.78 bits per heavy atom. The second-order valence-electron chi connectivity index (χ2n) is 9.46. The van der Waals surface area contributed by atoms with Crippen LogP contribution in [-0.4, -0.2) is 45.5 Å². The normalized spacial score (nSPS) is 33.1. The van der Waals surface area contributed by atoms with E-state index >= 15 is 0 Å². The SMILES string of the molecule is CCCCCCCCCC(=O)C12OC13C1=COC(CC(C)O)=CC1=CC(=O)C3(C)OC2=O. The van der Waals surface area contributed by atoms with Crippen LogP contribution < -0.4 is 0 Å². The molecule has 3 heterocycles. The first-order chi connectivity index (χ1) is 15.2. The van der Waals surface area contributed by atoms with Crippen molar-refractivity contribution in [2.45, 2.75) is 101 Å². The van der Waals surface area contributed by atoms with E-state index in [-0.39, 0.29) is 18.6 Å². The van der Waals surface area contributed by atoms with Crippen LogP contribution in [0, 0.1) is 0 Å². The lowest BCUT2D eigenvalue weighted by atomic mass is 9.67. The van der Waals surface area contributed by atoms with E-state index in [4.69, 9.17) is 14.2 Å². The van der Waals surface area contributed by atoms with Crippen LogP contribution in [0.15, 0.2) is 35.3 Å². The summed E-state index contributed by atoms with van der Waals surface area (Å²) in [6, 6.07) is 0. The average Bonchev–Trinajstić information content (AvgIpc) is 3.39. The van der Waals surface area contributed by atoms with Crippen LogP contribution >= 0.6 is 0 Å². The van der Waals surface area contributed by atoms with Gasteiger partial charge in [0, 0.05) is 18.4 Å². The van der Waals surface area contributed by atoms with Gasteiger partial charge in [0.25, 0.3) is 5.60 Å². The average molecular weight is 445 g/mol. The summed E-state index contributed by atoms with van der Waals surface area (Å²) < 4.78 is 17.2. The molecule has 1 N–H and O–H groups in total. The van der Waals surface area contributed by atoms with Crippen molar-refractivity contribution in [2.24, 2.45) is 0 Å². The largest absolute Gasteiger partial charge is 0.469 e. The number of fused-ring (bicyclic) bond motifs is 1. The Morgan fingerprint density at radius 3 is 2.47 bits per heavy atom. The van der Waals surface area contributed by atoms with Gasteiger partial charge >= 0.3 is 5.97 Å². The molecular weight excluding hydrogens is 412 g/mol. The summed E-state index contributed by atoms with van der Waals surface area (Å²) >= 11 is 0. The maximum Gasteiger partial charge on any atom is 0.351 e. The van der Waals surface area contributed by atoms with Crippen molar-refractivity contribution >= 4 is 17.5 Å². The highest BCUT2D eigenvalue weighted by molar-refractivity contribution is 6.21. The monoisotopic (exact) mass is 444 g/mol. The molecule has 4 aliphatic rings. The summed E-state index contributed by atoms with van der Waals surface area (Å²) in [7, 11) is 0. The zero-order valence-electron chi connectivity index (χ0n) is 19.1. The third-order valence-corrected chi connectivity index (χ3v) is 7.00. The molecule has 7 heteroatoms. The number of hydrogen-bond acceptors (Lipinski definition) is 7. The van der Waals surface area contributed by atoms with Gasteiger partial charge in [0.15, 0.2) is 11.4 Å². The number of aliphatic hydroxyl groups excluding tert-OH is 1. The number of unbranched alkanes of at least 4 members (excludes halogenated alkanes) is 6. The van der Waals surface area contributed by atoms with Crippen molar-refractivity contribution < 1.29 is 33.7 Å². The molecule has 4 atom stereocenters. The summed E-state index contributed by atoms with van der Waals surface area (Å²) in [4.78, 5) is 39.2. The third kappa shape index (κ3) is 3.20. The quantitative estimate of drug-likeness (QED) is 0.225. The van der Waals surface area contributed by atoms with Gasteiger partial charge in [0.1, 0.15) is 5.76 Å². The maximum atomic E-state index is 13.3. The minimum Gasteiger partial charge on any atom is -0.469 e. The number of allylic oxidation sites excluding steroid dienone is 1. The maximum absolute atomic E-state index is 13.3. The molecule has 1 aliphatic carbocycles. The molecule has 0 aromatic rings. The van der Waals surface area contributed by atoms with Gasteiger partial charge in [0.2, 0.25) is 11.4 Å². The lowest BCUT2D eigenvalue weighted by Crippen LogP contribution is -2.54. The molecule has 0 saturated carbocycles. The third-order valence-electron chi connectivity index (χ3n) is 7.00. The Kier molecular flexibility index (Phi) is 5.92. The molecule has 0 radical (unpaired) electrons. The summed E-state index contributed by atoms with van der Waals surface area (Å²) in [5, 5.41) is 9.65. The van der Waals surface area contributed by atoms with E-state index in [9.17, 15) is 19.5 Å². The number of hydrogen-bond donors (Lipinski definition) is 1. The molecule has 0 bridgehead atoms. The first-order valence-electron chi connectivity index (χ1n) is 11.7. The van der Waals surface area contributed by atoms with E-state index in [0.717, 1.165) is 19.3 Å². The highest BCUT2D eigenvalue weighted by Gasteiger charge is 2.95. The molecule has 174 valence electrons. The molecule has 4 rings (SSSR count). The van der Waals surface area contributed by atoms with Gasteiger partial charge in [-0.05, 0) is 38.0 Å². The Bertz CT molecular complexity index is 927. The van der Waals surface area contributed by atoms with Crippen LogP contribution in [0.2, 0.25) is 0 Å². The molecule has 0 aromatic carbocycles. The zero-order valence-corrected chi connectivity index (χ0v) is 19.1. The number of carbonyl (C=O) groups is 3. The second kappa shape index (κ2) is 8.27. The molecule has 7 nitrogen and oxygen atoms in total. The molecule has 3 aliphatic heterocycles. The molecule has 1 spiro atoms. The minimum absolute atomic E-state index is 0.200. The number of rotatable bonds is 11. The van der Waals surface area contributed by atoms with Gasteiger partial charge in [-0.2, -0.15) is 0 Å². The first kappa shape index (κ1) is 22.9. The molecule has 4 unspecified atom stereocenters. The molecule has 0 amide bonds. The van der Waals surface area contributed by atoms with E-state index in [1.807, 2.05) is 0 Å². The van der Waals surface area contributed by atoms with Gasteiger partial charge < -0.3 is 19.3 Å². The number of aliphatic hydroxyl groups is 1. The highest BCUT2D eigenvalue weighted by atomic mass is 16.7. The van der Waals surface area contributed by atoms with Gasteiger partial charge in [0.05, 0.1) is 12.4 Å². The fourth-order valence-corrected chi connectivity index (χ4v) is 5.23. The second-order valence-corrected chi connectivity index (χ2v) is 9.46. The number of ketones is 2. The van der Waals surface area contributed by atoms with Crippen LogP contribution in [-0.2, 0) is 28.6 Å². The topological polar surface area (TPSA) is 102 Å². The Balaban J connectivity index is 1.53. The Labute approximate surface area is 188 Å². The van der Waals surface area contributed by atoms with Gasteiger partial charge in [-0.25, -0.2) is 4.79 Å². The summed E-state index contributed by atoms with van der Waals surface area (Å²) in [6.45, 7) is 5.32. The van der Waals surface area contributed by atoms with Crippen molar-refractivity contribution in [2.75, 3.05) is 0 Å². The van der Waals surface area contributed by atoms with Gasteiger partial charge in [-0.3, -0.25) is 9.59 Å². The van der Waals surface area contributed by atoms with Crippen LogP contribution in [0.25, 0.3) is 0 Å². The lowest BCUT2D eigenvalue weighted by molar-refractivity contribution is -0.171. The fraction of sp³-hybridized carbons (Fsp3) is 0.640. The number of carbonyl (C=O) groups excluding carboxylic acids is 3. The van der Waals surface area contributed by atoms with Crippen LogP contribution in [0.4, 0.5) is 0 Å². The Hall–Kier alpha value is -2.25. The molecule has 0 aromatic heterocycles. The lowest BCUT2D eigenvalue weighted by Gasteiger charge is -2.35. The van der Waals surface area contributed by atoms with Crippen molar-refractivity contribution in [3.8, 4) is 0 Å². The van der Waals surface area contributed by atoms with Gasteiger partial charge in [-0.15, -0.1) is 0 Å². The smallest absolute Gasteiger partial charge is 0.351 e. The van der Waals surface area contributed by atoms with E-state index < -0.39 is 34.7 Å². The van der Waals surface area contributed by atoms with Crippen LogP contribution in [0.1, 0.15) is 78.6 Å². The van der Waals surface area contributed by atoms with Crippen LogP contribution in [0.5, 0.6) is 0 Å². The summed E-state index contributed by atoms with van der Waals surface area (Å²) in [5.41, 5.74) is -3.90. The van der Waals surface area contributed by atoms with E-state index in [0.29, 0.717) is 23.3 Å². The number of Topliss-reactive ketones (excluding diaryl/α,β-unsaturated/α-hetero) is 1. The first-order valence-corrected chi connectivity index (χ1v) is 11.7. The highest BCUT2D eigenvalue weighted by Crippen LogP contribution is 2.69. The van der Waals surface area contributed by atoms with Crippen molar-refractivity contribution in [3.05, 3.63) is 35.3 Å². The predicted molar refractivity (Wildman–Crippen MR) is 115 cm³/mol. The zero-order chi connectivity index (χ0) is 23.1. The molecule has 2 fully saturated rings. The fourth-order valence-electron chi connectivity index (χ4n) is 5.23. The van der Waals surface area contributed by atoms with Crippen molar-refractivity contribution in [3.63, 3.8) is 0 Å². The molecule has 32 heavy (non-hydrogen) atoms. The van der Waals surface area contributed by atoms with Crippen LogP contribution in [0.3, 0.4) is 0 Å². The standard InChI is InChI=1S/C25H32O7/c1-4-5-6-7-8-9-10-11-20(27)24-22(29)31-23(3)21(28)14-17-13-18(12-16(2)26)30-15-19(17)25(23,24)32-24/h13-16,26H,4-12H2,1-3H3. The minimum atomic E-state index is -1.79. The summed E-state index contributed by atoms with van der Waals surface area (Å²) in [5.74, 6) is -1.06. The van der Waals surface area contributed by atoms with E-state index in [1.54, 1.807) is 13.0 Å². The summed E-state index contributed by atoms with van der Waals surface area (Å²) in [6.07, 6.45) is 11.7. The predicted octanol–water partition coefficient (Wildman–Crippen LogP) is 3.60. The molecule has 2 saturated heterocycles. The Morgan fingerprint density at radius 1 is 1.09 bits per heavy atom. The number of ether oxygens (including phenoxy) is 3. The van der Waals surface area contributed by atoms with E-state index in [2.05, 4.69) is 6.92 Å². The van der Waals surface area contributed by atoms with Crippen molar-refractivity contribution in [1.29, 1.82) is 0 Å². The number of epoxide rings is 1. The number of esters is 1.